The number of nitriles is 2. The van der Waals surface area contributed by atoms with Crippen LogP contribution in [0.1, 0.15) is 29.7 Å². The Morgan fingerprint density at radius 3 is 2.11 bits per heavy atom. The number of halogens is 3. The summed E-state index contributed by atoms with van der Waals surface area (Å²) >= 11 is 0. The van der Waals surface area contributed by atoms with Gasteiger partial charge in [0.25, 0.3) is 0 Å². The van der Waals surface area contributed by atoms with Crippen molar-refractivity contribution < 1.29 is 34.8 Å². The predicted octanol–water partition coefficient (Wildman–Crippen LogP) is 3.72. The van der Waals surface area contributed by atoms with Crippen LogP contribution in [0.2, 0.25) is 0 Å². The minimum absolute atomic E-state index is 0.0722. The van der Waals surface area contributed by atoms with Crippen LogP contribution < -0.4 is 4.90 Å². The topological polar surface area (TPSA) is 139 Å². The summed E-state index contributed by atoms with van der Waals surface area (Å²) in [5, 5.41) is 19.1. The van der Waals surface area contributed by atoms with E-state index in [2.05, 4.69) is 0 Å². The average Bonchev–Trinajstić information content (AvgIpc) is 2.76. The Morgan fingerprint density at radius 2 is 1.61 bits per heavy atom. The fourth-order valence-corrected chi connectivity index (χ4v) is 5.74. The monoisotopic (exact) mass is 538 g/mol. The highest BCUT2D eigenvalue weighted by atomic mass is 32.2. The second-order valence-electron chi connectivity index (χ2n) is 7.87. The molecule has 0 bridgehead atoms. The second kappa shape index (κ2) is 8.96. The van der Waals surface area contributed by atoms with Crippen molar-refractivity contribution in [1.82, 2.24) is 4.31 Å². The molecule has 188 valence electrons. The van der Waals surface area contributed by atoms with E-state index < -0.39 is 54.1 Å². The lowest BCUT2D eigenvalue weighted by atomic mass is 9.94. The van der Waals surface area contributed by atoms with Gasteiger partial charge in [0.1, 0.15) is 6.04 Å². The largest absolute Gasteiger partial charge is 0.416 e. The summed E-state index contributed by atoms with van der Waals surface area (Å²) < 4.78 is 90.7. The second-order valence-corrected chi connectivity index (χ2v) is 11.7. The molecule has 1 aliphatic heterocycles. The van der Waals surface area contributed by atoms with Crippen molar-refractivity contribution in [3.05, 3.63) is 70.4 Å². The summed E-state index contributed by atoms with van der Waals surface area (Å²) in [4.78, 5) is 13.7. The number of sulfonamides is 1. The quantitative estimate of drug-likeness (QED) is 0.578. The third-order valence-electron chi connectivity index (χ3n) is 5.36. The first-order chi connectivity index (χ1) is 16.5. The zero-order valence-electron chi connectivity index (χ0n) is 18.9. The number of benzene rings is 2. The lowest BCUT2D eigenvalue weighted by molar-refractivity contribution is -0.137. The van der Waals surface area contributed by atoms with Gasteiger partial charge in [0, 0.05) is 12.0 Å². The third-order valence-corrected chi connectivity index (χ3v) is 7.59. The molecule has 1 heterocycles. The maximum atomic E-state index is 13.5. The molecule has 0 aliphatic carbocycles. The van der Waals surface area contributed by atoms with E-state index in [0.717, 1.165) is 36.6 Å². The van der Waals surface area contributed by atoms with Crippen molar-refractivity contribution >= 4 is 31.6 Å². The van der Waals surface area contributed by atoms with Crippen LogP contribution >= 0.6 is 0 Å². The number of nitrogens with zero attached hydrogens (tertiary/aromatic N) is 4. The zero-order chi connectivity index (χ0) is 27.2. The van der Waals surface area contributed by atoms with Crippen LogP contribution in [0.3, 0.4) is 0 Å². The van der Waals surface area contributed by atoms with Gasteiger partial charge in [-0.1, -0.05) is 12.1 Å². The molecule has 0 saturated carbocycles. The van der Waals surface area contributed by atoms with Crippen molar-refractivity contribution in [2.24, 2.45) is 0 Å². The lowest BCUT2D eigenvalue weighted by Crippen LogP contribution is -2.51. The Morgan fingerprint density at radius 1 is 0.972 bits per heavy atom. The van der Waals surface area contributed by atoms with Gasteiger partial charge in [0.15, 0.2) is 9.84 Å². The molecule has 2 aromatic rings. The zero-order valence-corrected chi connectivity index (χ0v) is 20.5. The van der Waals surface area contributed by atoms with Crippen molar-refractivity contribution in [3.8, 4) is 12.1 Å². The highest BCUT2D eigenvalue weighted by Gasteiger charge is 2.46. The third kappa shape index (κ3) is 4.78. The van der Waals surface area contributed by atoms with Gasteiger partial charge < -0.3 is 0 Å². The van der Waals surface area contributed by atoms with Crippen LogP contribution in [0.5, 0.6) is 0 Å². The van der Waals surface area contributed by atoms with Crippen LogP contribution in [0.25, 0.3) is 0 Å². The van der Waals surface area contributed by atoms with E-state index in [1.165, 1.54) is 13.0 Å². The molecule has 0 fully saturated rings. The van der Waals surface area contributed by atoms with Crippen LogP contribution in [0.4, 0.5) is 23.7 Å². The number of urea groups is 1. The van der Waals surface area contributed by atoms with Crippen LogP contribution in [-0.4, -0.2) is 39.7 Å². The number of carbonyl (C=O) groups excluding carboxylic acids is 1. The van der Waals surface area contributed by atoms with E-state index in [4.69, 9.17) is 0 Å². The van der Waals surface area contributed by atoms with E-state index in [1.54, 1.807) is 12.1 Å². The SMILES string of the molecule is CC1=C(C#N)C(c2ccc(C#N)cc2S(C)(=O)=O)N(S(C)(=O)=O)C(=O)N1c1cccc(C(F)(F)F)c1. The summed E-state index contributed by atoms with van der Waals surface area (Å²) in [7, 11) is -8.61. The van der Waals surface area contributed by atoms with Gasteiger partial charge in [0.05, 0.1) is 45.7 Å². The summed E-state index contributed by atoms with van der Waals surface area (Å²) in [5.41, 5.74) is -2.40. The standard InChI is InChI=1S/C22H17F3N4O5S2/c1-13-18(12-27)20(17-8-7-14(11-26)9-19(17)35(2,31)32)29(36(3,33)34)21(30)28(13)16-6-4-5-15(10-16)22(23,24)25/h4-10,20H,1-3H3. The average molecular weight is 539 g/mol. The molecule has 2 amide bonds. The fourth-order valence-electron chi connectivity index (χ4n) is 3.82. The molecule has 0 spiro atoms. The Labute approximate surface area is 205 Å². The highest BCUT2D eigenvalue weighted by Crippen LogP contribution is 2.43. The Bertz CT molecular complexity index is 1600. The van der Waals surface area contributed by atoms with Gasteiger partial charge in [-0.25, -0.2) is 25.9 Å². The Kier molecular flexibility index (Phi) is 6.65. The molecule has 1 unspecified atom stereocenters. The van der Waals surface area contributed by atoms with Crippen molar-refractivity contribution in [2.75, 3.05) is 17.4 Å². The molecule has 3 rings (SSSR count). The Balaban J connectivity index is 2.40. The van der Waals surface area contributed by atoms with Crippen molar-refractivity contribution in [2.45, 2.75) is 24.0 Å². The normalized spacial score (nSPS) is 17.1. The molecule has 36 heavy (non-hydrogen) atoms. The first-order valence-electron chi connectivity index (χ1n) is 9.88. The van der Waals surface area contributed by atoms with Crippen molar-refractivity contribution in [3.63, 3.8) is 0 Å². The molecular weight excluding hydrogens is 521 g/mol. The molecule has 2 aromatic carbocycles. The summed E-state index contributed by atoms with van der Waals surface area (Å²) in [6, 6.07) is 7.30. The molecule has 0 aromatic heterocycles. The number of sulfone groups is 1. The number of allylic oxidation sites excluding steroid dienone is 1. The number of amides is 2. The van der Waals surface area contributed by atoms with Gasteiger partial charge in [-0.15, -0.1) is 0 Å². The van der Waals surface area contributed by atoms with Crippen LogP contribution in [-0.2, 0) is 26.0 Å². The van der Waals surface area contributed by atoms with Gasteiger partial charge in [-0.05, 0) is 42.8 Å². The molecule has 0 N–H and O–H groups in total. The number of carbonyl (C=O) groups is 1. The van der Waals surface area contributed by atoms with Crippen LogP contribution in [0, 0.1) is 22.7 Å². The molecule has 0 radical (unpaired) electrons. The summed E-state index contributed by atoms with van der Waals surface area (Å²) in [5.74, 6) is 0. The maximum absolute atomic E-state index is 13.5. The summed E-state index contributed by atoms with van der Waals surface area (Å²) in [6.45, 7) is 1.23. The molecule has 1 atom stereocenters. The smallest absolute Gasteiger partial charge is 0.265 e. The minimum atomic E-state index is -4.77. The molecule has 9 nitrogen and oxygen atoms in total. The highest BCUT2D eigenvalue weighted by molar-refractivity contribution is 7.90. The molecule has 1 aliphatic rings. The van der Waals surface area contributed by atoms with E-state index in [9.17, 15) is 45.3 Å². The lowest BCUT2D eigenvalue weighted by Gasteiger charge is -2.40. The van der Waals surface area contributed by atoms with E-state index in [-0.39, 0.29) is 26.8 Å². The molecule has 14 heteroatoms. The van der Waals surface area contributed by atoms with Crippen molar-refractivity contribution in [1.29, 1.82) is 10.5 Å². The molecule has 0 saturated heterocycles. The summed E-state index contributed by atoms with van der Waals surface area (Å²) in [6.07, 6.45) is -3.32. The fraction of sp³-hybridized carbons (Fsp3) is 0.227. The van der Waals surface area contributed by atoms with E-state index in [0.29, 0.717) is 17.2 Å². The Hall–Kier alpha value is -3.88. The van der Waals surface area contributed by atoms with E-state index >= 15 is 0 Å². The van der Waals surface area contributed by atoms with Gasteiger partial charge >= 0.3 is 12.2 Å². The van der Waals surface area contributed by atoms with Gasteiger partial charge in [-0.3, -0.25) is 4.90 Å². The number of anilines is 1. The number of rotatable bonds is 4. The van der Waals surface area contributed by atoms with Gasteiger partial charge in [0.2, 0.25) is 10.0 Å². The molecular formula is C22H17F3N4O5S2. The maximum Gasteiger partial charge on any atom is 0.416 e. The number of hydrogen-bond donors (Lipinski definition) is 0. The van der Waals surface area contributed by atoms with Gasteiger partial charge in [-0.2, -0.15) is 23.7 Å². The first-order valence-corrected chi connectivity index (χ1v) is 13.6. The number of alkyl halides is 3. The number of hydrogen-bond acceptors (Lipinski definition) is 7. The van der Waals surface area contributed by atoms with Crippen LogP contribution in [0.15, 0.2) is 58.6 Å². The van der Waals surface area contributed by atoms with E-state index in [1.807, 2.05) is 0 Å². The minimum Gasteiger partial charge on any atom is -0.265 e. The predicted molar refractivity (Wildman–Crippen MR) is 121 cm³/mol. The first kappa shape index (κ1) is 26.7.